The van der Waals surface area contributed by atoms with Crippen LogP contribution >= 0.6 is 11.3 Å². The molecule has 0 bridgehead atoms. The molecule has 1 aliphatic heterocycles. The highest BCUT2D eigenvalue weighted by Gasteiger charge is 2.27. The summed E-state index contributed by atoms with van der Waals surface area (Å²) < 4.78 is 12.7. The number of hydrogen-bond donors (Lipinski definition) is 0. The van der Waals surface area contributed by atoms with Crippen LogP contribution in [0.2, 0.25) is 0 Å². The van der Waals surface area contributed by atoms with E-state index in [1.165, 1.54) is 11.1 Å². The highest BCUT2D eigenvalue weighted by molar-refractivity contribution is 7.22. The molecule has 0 spiro atoms. The van der Waals surface area contributed by atoms with Crippen molar-refractivity contribution in [3.63, 3.8) is 0 Å². The lowest BCUT2D eigenvalue weighted by atomic mass is 10.1. The lowest BCUT2D eigenvalue weighted by Crippen LogP contribution is -2.37. The Kier molecular flexibility index (Phi) is 6.88. The summed E-state index contributed by atoms with van der Waals surface area (Å²) in [5, 5.41) is 0.729. The molecule has 31 heavy (non-hydrogen) atoms. The quantitative estimate of drug-likeness (QED) is 0.410. The predicted octanol–water partition coefficient (Wildman–Crippen LogP) is 5.92. The molecule has 5 nitrogen and oxygen atoms in total. The fraction of sp³-hybridized carbons (Fsp3) is 0.440. The summed E-state index contributed by atoms with van der Waals surface area (Å²) in [4.78, 5) is 20.2. The van der Waals surface area contributed by atoms with Gasteiger partial charge in [-0.1, -0.05) is 30.7 Å². The number of carbonyl (C=O) groups is 1. The number of ether oxygens (including phenoxy) is 2. The first-order chi connectivity index (χ1) is 15.0. The number of hydrogen-bond acceptors (Lipinski definition) is 5. The van der Waals surface area contributed by atoms with Crippen molar-refractivity contribution in [3.8, 4) is 5.75 Å². The van der Waals surface area contributed by atoms with Gasteiger partial charge in [0, 0.05) is 12.2 Å². The van der Waals surface area contributed by atoms with E-state index in [4.69, 9.17) is 14.5 Å². The average Bonchev–Trinajstić information content (AvgIpc) is 3.42. The maximum Gasteiger partial charge on any atom is 0.260 e. The van der Waals surface area contributed by atoms with Crippen molar-refractivity contribution >= 4 is 32.6 Å². The number of anilines is 1. The van der Waals surface area contributed by atoms with Gasteiger partial charge in [-0.3, -0.25) is 9.69 Å². The molecule has 1 atom stereocenters. The predicted molar refractivity (Wildman–Crippen MR) is 127 cm³/mol. The summed E-state index contributed by atoms with van der Waals surface area (Å²) in [6.07, 6.45) is 4.17. The first-order valence-corrected chi connectivity index (χ1v) is 11.9. The van der Waals surface area contributed by atoms with Crippen molar-refractivity contribution < 1.29 is 14.3 Å². The van der Waals surface area contributed by atoms with Crippen LogP contribution in [0.3, 0.4) is 0 Å². The van der Waals surface area contributed by atoms with Gasteiger partial charge in [-0.15, -0.1) is 0 Å². The van der Waals surface area contributed by atoms with E-state index in [1.807, 2.05) is 24.3 Å². The molecule has 3 aromatic rings. The van der Waals surface area contributed by atoms with Crippen LogP contribution < -0.4 is 9.64 Å². The minimum absolute atomic E-state index is 0.0513. The zero-order chi connectivity index (χ0) is 21.8. The summed E-state index contributed by atoms with van der Waals surface area (Å²) in [6, 6.07) is 11.7. The molecule has 2 heterocycles. The lowest BCUT2D eigenvalue weighted by Gasteiger charge is -2.23. The standard InChI is InChI=1S/C25H30N2O3S/c1-4-5-12-29-20-10-8-19(9-11-20)24(28)27(16-21-7-6-13-30-21)25-26-22-15-17(2)14-18(3)23(22)31-25/h8-11,14-15,21H,4-7,12-13,16H2,1-3H3. The Morgan fingerprint density at radius 3 is 2.77 bits per heavy atom. The fourth-order valence-electron chi connectivity index (χ4n) is 3.90. The smallest absolute Gasteiger partial charge is 0.260 e. The minimum Gasteiger partial charge on any atom is -0.494 e. The van der Waals surface area contributed by atoms with Gasteiger partial charge < -0.3 is 9.47 Å². The summed E-state index contributed by atoms with van der Waals surface area (Å²) >= 11 is 1.58. The number of nitrogens with zero attached hydrogens (tertiary/aromatic N) is 2. The molecule has 1 unspecified atom stereocenters. The van der Waals surface area contributed by atoms with Crippen molar-refractivity contribution in [2.75, 3.05) is 24.7 Å². The number of thiazole rings is 1. The molecule has 1 amide bonds. The van der Waals surface area contributed by atoms with Gasteiger partial charge in [0.25, 0.3) is 5.91 Å². The van der Waals surface area contributed by atoms with Crippen LogP contribution in [0.1, 0.15) is 54.1 Å². The van der Waals surface area contributed by atoms with Gasteiger partial charge in [-0.05, 0) is 74.6 Å². The zero-order valence-corrected chi connectivity index (χ0v) is 19.3. The maximum atomic E-state index is 13.5. The second kappa shape index (κ2) is 9.79. The highest BCUT2D eigenvalue weighted by atomic mass is 32.1. The monoisotopic (exact) mass is 438 g/mol. The second-order valence-corrected chi connectivity index (χ2v) is 9.18. The van der Waals surface area contributed by atoms with Gasteiger partial charge in [-0.25, -0.2) is 4.98 Å². The maximum absolute atomic E-state index is 13.5. The summed E-state index contributed by atoms with van der Waals surface area (Å²) in [5.74, 6) is 0.741. The van der Waals surface area contributed by atoms with E-state index >= 15 is 0 Å². The van der Waals surface area contributed by atoms with Crippen molar-refractivity contribution in [1.82, 2.24) is 4.98 Å². The second-order valence-electron chi connectivity index (χ2n) is 8.20. The van der Waals surface area contributed by atoms with E-state index < -0.39 is 0 Å². The van der Waals surface area contributed by atoms with Crippen LogP contribution in [0, 0.1) is 13.8 Å². The molecule has 1 fully saturated rings. The number of carbonyl (C=O) groups excluding carboxylic acids is 1. The van der Waals surface area contributed by atoms with Crippen LogP contribution in [0.5, 0.6) is 5.75 Å². The third-order valence-electron chi connectivity index (χ3n) is 5.56. The van der Waals surface area contributed by atoms with E-state index in [9.17, 15) is 4.79 Å². The Hall–Kier alpha value is -2.44. The third-order valence-corrected chi connectivity index (χ3v) is 6.79. The first-order valence-electron chi connectivity index (χ1n) is 11.1. The van der Waals surface area contributed by atoms with Gasteiger partial charge >= 0.3 is 0 Å². The SMILES string of the molecule is CCCCOc1ccc(C(=O)N(CC2CCCO2)c2nc3cc(C)cc(C)c3s2)cc1. The van der Waals surface area contributed by atoms with E-state index in [-0.39, 0.29) is 12.0 Å². The number of amides is 1. The van der Waals surface area contributed by atoms with Gasteiger partial charge in [0.05, 0.1) is 29.5 Å². The topological polar surface area (TPSA) is 51.7 Å². The van der Waals surface area contributed by atoms with E-state index in [1.54, 1.807) is 16.2 Å². The van der Waals surface area contributed by atoms with Crippen LogP contribution in [0.25, 0.3) is 10.2 Å². The molecule has 1 saturated heterocycles. The minimum atomic E-state index is -0.0518. The van der Waals surface area contributed by atoms with E-state index in [0.29, 0.717) is 18.7 Å². The van der Waals surface area contributed by atoms with Crippen molar-refractivity contribution in [2.45, 2.75) is 52.6 Å². The molecule has 1 aliphatic rings. The number of rotatable bonds is 8. The number of aromatic nitrogens is 1. The van der Waals surface area contributed by atoms with Gasteiger partial charge in [-0.2, -0.15) is 0 Å². The fourth-order valence-corrected chi connectivity index (χ4v) is 4.93. The Morgan fingerprint density at radius 1 is 1.26 bits per heavy atom. The Bertz CT molecular complexity index is 1040. The number of fused-ring (bicyclic) bond motifs is 1. The van der Waals surface area contributed by atoms with E-state index in [0.717, 1.165) is 53.4 Å². The first kappa shape index (κ1) is 21.8. The summed E-state index contributed by atoms with van der Waals surface area (Å²) in [5.41, 5.74) is 3.95. The molecule has 0 radical (unpaired) electrons. The third kappa shape index (κ3) is 5.08. The van der Waals surface area contributed by atoms with Gasteiger partial charge in [0.1, 0.15) is 5.75 Å². The molecular weight excluding hydrogens is 408 g/mol. The molecular formula is C25H30N2O3S. The normalized spacial score (nSPS) is 16.0. The summed E-state index contributed by atoms with van der Waals surface area (Å²) in [7, 11) is 0. The molecule has 4 rings (SSSR count). The molecule has 6 heteroatoms. The van der Waals surface area contributed by atoms with Gasteiger partial charge in [0.2, 0.25) is 0 Å². The highest BCUT2D eigenvalue weighted by Crippen LogP contribution is 2.33. The van der Waals surface area contributed by atoms with Crippen molar-refractivity contribution in [2.24, 2.45) is 0 Å². The Balaban J connectivity index is 1.61. The van der Waals surface area contributed by atoms with Crippen molar-refractivity contribution in [3.05, 3.63) is 53.1 Å². The largest absolute Gasteiger partial charge is 0.494 e. The van der Waals surface area contributed by atoms with Crippen LogP contribution in [-0.4, -0.2) is 36.8 Å². The molecule has 0 aliphatic carbocycles. The number of unbranched alkanes of at least 4 members (excludes halogenated alkanes) is 1. The van der Waals surface area contributed by atoms with Crippen LogP contribution in [0.4, 0.5) is 5.13 Å². The Labute approximate surface area is 188 Å². The average molecular weight is 439 g/mol. The van der Waals surface area contributed by atoms with Crippen molar-refractivity contribution in [1.29, 1.82) is 0 Å². The molecule has 164 valence electrons. The zero-order valence-electron chi connectivity index (χ0n) is 18.5. The molecule has 0 saturated carbocycles. The number of aryl methyl sites for hydroxylation is 2. The summed E-state index contributed by atoms with van der Waals surface area (Å²) in [6.45, 7) is 8.28. The number of benzene rings is 2. The molecule has 2 aromatic carbocycles. The molecule has 1 aromatic heterocycles. The Morgan fingerprint density at radius 2 is 2.06 bits per heavy atom. The van der Waals surface area contributed by atoms with Crippen LogP contribution in [-0.2, 0) is 4.74 Å². The molecule has 0 N–H and O–H groups in total. The lowest BCUT2D eigenvalue weighted by molar-refractivity contribution is 0.0917. The van der Waals surface area contributed by atoms with E-state index in [2.05, 4.69) is 32.9 Å². The van der Waals surface area contributed by atoms with Gasteiger partial charge in [0.15, 0.2) is 5.13 Å². The van der Waals surface area contributed by atoms with Crippen LogP contribution in [0.15, 0.2) is 36.4 Å².